The molecule has 0 aliphatic rings. The van der Waals surface area contributed by atoms with Gasteiger partial charge in [-0.05, 0) is 25.1 Å². The van der Waals surface area contributed by atoms with Gasteiger partial charge in [0.2, 0.25) is 0 Å². The summed E-state index contributed by atoms with van der Waals surface area (Å²) in [6.45, 7) is 2.55. The van der Waals surface area contributed by atoms with Gasteiger partial charge in [0.05, 0.1) is 21.9 Å². The molecule has 0 unspecified atom stereocenters. The van der Waals surface area contributed by atoms with Crippen LogP contribution in [-0.4, -0.2) is 29.1 Å². The molecule has 0 spiro atoms. The average Bonchev–Trinajstić information content (AvgIpc) is 3.15. The zero-order valence-corrected chi connectivity index (χ0v) is 16.6. The van der Waals surface area contributed by atoms with Gasteiger partial charge in [-0.3, -0.25) is 14.9 Å². The number of hydrogen-bond acceptors (Lipinski definition) is 7. The highest BCUT2D eigenvalue weighted by molar-refractivity contribution is 7.98. The number of para-hydroxylation sites is 2. The summed E-state index contributed by atoms with van der Waals surface area (Å²) in [4.78, 5) is 24.0. The van der Waals surface area contributed by atoms with Gasteiger partial charge in [-0.1, -0.05) is 29.4 Å². The van der Waals surface area contributed by atoms with Crippen molar-refractivity contribution in [3.8, 4) is 0 Å². The monoisotopic (exact) mass is 412 g/mol. The molecule has 0 saturated heterocycles. The molecular formula is C20H20N4O4S. The third-order valence-electron chi connectivity index (χ3n) is 4.01. The molecule has 0 radical (unpaired) electrons. The van der Waals surface area contributed by atoms with E-state index >= 15 is 0 Å². The second kappa shape index (κ2) is 9.74. The second-order valence-electron chi connectivity index (χ2n) is 6.18. The van der Waals surface area contributed by atoms with E-state index in [0.717, 1.165) is 16.3 Å². The van der Waals surface area contributed by atoms with Crippen LogP contribution in [0.4, 0.5) is 11.4 Å². The maximum Gasteiger partial charge on any atom is 0.292 e. The maximum absolute atomic E-state index is 12.6. The fourth-order valence-electron chi connectivity index (χ4n) is 2.66. The number of amides is 1. The Hall–Kier alpha value is -3.33. The molecule has 0 aliphatic heterocycles. The van der Waals surface area contributed by atoms with E-state index in [4.69, 9.17) is 4.52 Å². The van der Waals surface area contributed by atoms with Crippen molar-refractivity contribution in [2.45, 2.75) is 17.6 Å². The number of thioether (sulfide) groups is 1. The second-order valence-corrected chi connectivity index (χ2v) is 7.19. The molecule has 0 fully saturated rings. The standard InChI is InChI=1S/C20H20N4O4S/c1-14-12-15(28-23-14)13-29-19-9-5-2-6-16(19)20(25)22-11-10-21-17-7-3-4-8-18(17)24(26)27/h2-9,12,21H,10-11,13H2,1H3,(H,22,25). The number of nitrogens with zero attached hydrogens (tertiary/aromatic N) is 2. The molecule has 2 N–H and O–H groups in total. The lowest BCUT2D eigenvalue weighted by Gasteiger charge is -2.10. The Morgan fingerprint density at radius 3 is 2.69 bits per heavy atom. The van der Waals surface area contributed by atoms with Crippen LogP contribution in [-0.2, 0) is 5.75 Å². The first kappa shape index (κ1) is 20.4. The summed E-state index contributed by atoms with van der Waals surface area (Å²) in [5.41, 5.74) is 1.81. The number of nitro groups is 1. The largest absolute Gasteiger partial charge is 0.378 e. The summed E-state index contributed by atoms with van der Waals surface area (Å²) >= 11 is 1.50. The summed E-state index contributed by atoms with van der Waals surface area (Å²) in [6, 6.07) is 15.6. The molecule has 0 aliphatic carbocycles. The van der Waals surface area contributed by atoms with E-state index in [0.29, 0.717) is 30.1 Å². The van der Waals surface area contributed by atoms with Crippen molar-refractivity contribution in [1.29, 1.82) is 0 Å². The quantitative estimate of drug-likeness (QED) is 0.236. The Morgan fingerprint density at radius 1 is 1.17 bits per heavy atom. The fraction of sp³-hybridized carbons (Fsp3) is 0.200. The Labute approximate surface area is 171 Å². The van der Waals surface area contributed by atoms with Gasteiger partial charge < -0.3 is 15.2 Å². The molecular weight excluding hydrogens is 392 g/mol. The topological polar surface area (TPSA) is 110 Å². The van der Waals surface area contributed by atoms with Gasteiger partial charge in [0.1, 0.15) is 11.4 Å². The molecule has 3 aromatic rings. The number of aryl methyl sites for hydroxylation is 1. The van der Waals surface area contributed by atoms with E-state index < -0.39 is 4.92 Å². The molecule has 8 nitrogen and oxygen atoms in total. The lowest BCUT2D eigenvalue weighted by molar-refractivity contribution is -0.384. The molecule has 1 heterocycles. The van der Waals surface area contributed by atoms with E-state index in [1.807, 2.05) is 31.2 Å². The van der Waals surface area contributed by atoms with Gasteiger partial charge >= 0.3 is 0 Å². The zero-order chi connectivity index (χ0) is 20.6. The molecule has 150 valence electrons. The lowest BCUT2D eigenvalue weighted by Crippen LogP contribution is -2.29. The van der Waals surface area contributed by atoms with Gasteiger partial charge in [-0.2, -0.15) is 0 Å². The van der Waals surface area contributed by atoms with Crippen LogP contribution in [0.5, 0.6) is 0 Å². The number of carbonyl (C=O) groups is 1. The van der Waals surface area contributed by atoms with Crippen LogP contribution in [0.1, 0.15) is 21.8 Å². The third-order valence-corrected chi connectivity index (χ3v) is 5.10. The van der Waals surface area contributed by atoms with Gasteiger partial charge in [0, 0.05) is 30.1 Å². The minimum atomic E-state index is -0.440. The highest BCUT2D eigenvalue weighted by atomic mass is 32.2. The van der Waals surface area contributed by atoms with Crippen LogP contribution >= 0.6 is 11.8 Å². The smallest absolute Gasteiger partial charge is 0.292 e. The number of rotatable bonds is 9. The predicted molar refractivity (Wildman–Crippen MR) is 111 cm³/mol. The van der Waals surface area contributed by atoms with Gasteiger partial charge in [0.25, 0.3) is 11.6 Å². The summed E-state index contributed by atoms with van der Waals surface area (Å²) in [7, 11) is 0. The van der Waals surface area contributed by atoms with Crippen molar-refractivity contribution >= 4 is 29.0 Å². The third kappa shape index (κ3) is 5.58. The first-order valence-electron chi connectivity index (χ1n) is 8.94. The highest BCUT2D eigenvalue weighted by Crippen LogP contribution is 2.26. The van der Waals surface area contributed by atoms with Gasteiger partial charge in [0.15, 0.2) is 0 Å². The van der Waals surface area contributed by atoms with Crippen LogP contribution in [0.25, 0.3) is 0 Å². The number of anilines is 1. The molecule has 3 rings (SSSR count). The summed E-state index contributed by atoms with van der Waals surface area (Å²) in [5.74, 6) is 1.12. The van der Waals surface area contributed by atoms with E-state index in [-0.39, 0.29) is 11.6 Å². The molecule has 0 saturated carbocycles. The molecule has 1 aromatic heterocycles. The number of benzene rings is 2. The van der Waals surface area contributed by atoms with Crippen molar-refractivity contribution in [3.63, 3.8) is 0 Å². The van der Waals surface area contributed by atoms with Crippen LogP contribution in [0.15, 0.2) is 64.0 Å². The first-order valence-corrected chi connectivity index (χ1v) is 9.92. The summed E-state index contributed by atoms with van der Waals surface area (Å²) in [6.07, 6.45) is 0. The average molecular weight is 412 g/mol. The molecule has 1 amide bonds. The van der Waals surface area contributed by atoms with Crippen molar-refractivity contribution in [3.05, 3.63) is 81.7 Å². The summed E-state index contributed by atoms with van der Waals surface area (Å²) in [5, 5.41) is 20.7. The minimum absolute atomic E-state index is 0.00299. The molecule has 29 heavy (non-hydrogen) atoms. The fourth-order valence-corrected chi connectivity index (χ4v) is 3.59. The molecule has 0 atom stereocenters. The van der Waals surface area contributed by atoms with Gasteiger partial charge in [-0.25, -0.2) is 0 Å². The number of nitro benzene ring substituents is 1. The van der Waals surface area contributed by atoms with Crippen LogP contribution < -0.4 is 10.6 Å². The molecule has 9 heteroatoms. The SMILES string of the molecule is Cc1cc(CSc2ccccc2C(=O)NCCNc2ccccc2[N+](=O)[O-])on1. The Morgan fingerprint density at radius 2 is 1.93 bits per heavy atom. The lowest BCUT2D eigenvalue weighted by atomic mass is 10.2. The van der Waals surface area contributed by atoms with E-state index in [9.17, 15) is 14.9 Å². The molecule has 0 bridgehead atoms. The minimum Gasteiger partial charge on any atom is -0.378 e. The number of nitrogens with one attached hydrogen (secondary N) is 2. The first-order chi connectivity index (χ1) is 14.0. The summed E-state index contributed by atoms with van der Waals surface area (Å²) < 4.78 is 5.21. The normalized spacial score (nSPS) is 10.5. The van der Waals surface area contributed by atoms with Gasteiger partial charge in [-0.15, -0.1) is 11.8 Å². The van der Waals surface area contributed by atoms with E-state index in [1.54, 1.807) is 24.3 Å². The Kier molecular flexibility index (Phi) is 6.85. The van der Waals surface area contributed by atoms with Crippen molar-refractivity contribution < 1.29 is 14.2 Å². The predicted octanol–water partition coefficient (Wildman–Crippen LogP) is 4.03. The number of hydrogen-bond donors (Lipinski definition) is 2. The van der Waals surface area contributed by atoms with E-state index in [2.05, 4.69) is 15.8 Å². The van der Waals surface area contributed by atoms with Crippen LogP contribution in [0.2, 0.25) is 0 Å². The van der Waals surface area contributed by atoms with Crippen LogP contribution in [0.3, 0.4) is 0 Å². The van der Waals surface area contributed by atoms with Crippen LogP contribution in [0, 0.1) is 17.0 Å². The van der Waals surface area contributed by atoms with Crippen molar-refractivity contribution in [2.24, 2.45) is 0 Å². The Bertz CT molecular complexity index is 1010. The number of carbonyl (C=O) groups excluding carboxylic acids is 1. The Balaban J connectivity index is 1.54. The highest BCUT2D eigenvalue weighted by Gasteiger charge is 2.13. The number of aromatic nitrogens is 1. The van der Waals surface area contributed by atoms with E-state index in [1.165, 1.54) is 17.8 Å². The van der Waals surface area contributed by atoms with Crippen molar-refractivity contribution in [1.82, 2.24) is 10.5 Å². The maximum atomic E-state index is 12.6. The van der Waals surface area contributed by atoms with Crippen molar-refractivity contribution in [2.75, 3.05) is 18.4 Å². The molecule has 2 aromatic carbocycles. The zero-order valence-electron chi connectivity index (χ0n) is 15.8.